The van der Waals surface area contributed by atoms with Gasteiger partial charge >= 0.3 is 12.1 Å². The Hall–Kier alpha value is -5.49. The number of amides is 5. The molecule has 0 fully saturated rings. The van der Waals surface area contributed by atoms with Crippen molar-refractivity contribution < 1.29 is 33.7 Å². The van der Waals surface area contributed by atoms with Crippen molar-refractivity contribution in [2.75, 3.05) is 49.5 Å². The van der Waals surface area contributed by atoms with E-state index >= 15 is 0 Å². The minimum Gasteiger partial charge on any atom is -0.488 e. The highest BCUT2D eigenvalue weighted by molar-refractivity contribution is 6.06. The number of carbonyl (C=O) groups excluding carboxylic acids is 3. The molecule has 250 valence electrons. The number of benzene rings is 4. The number of hydrogen-bond donors (Lipinski definition) is 4. The molecule has 12 nitrogen and oxygen atoms in total. The molecule has 3 atom stereocenters. The molecular weight excluding hydrogens is 614 g/mol. The van der Waals surface area contributed by atoms with E-state index in [1.807, 2.05) is 49.4 Å². The molecule has 2 aliphatic rings. The number of hydrogen-bond acceptors (Lipinski definition) is 7. The summed E-state index contributed by atoms with van der Waals surface area (Å²) in [7, 11) is 1.67. The maximum Gasteiger partial charge on any atom is 0.323 e. The van der Waals surface area contributed by atoms with Crippen molar-refractivity contribution in [1.29, 1.82) is 0 Å². The summed E-state index contributed by atoms with van der Waals surface area (Å²) in [6, 6.07) is 22.6. The van der Waals surface area contributed by atoms with E-state index < -0.39 is 18.2 Å². The Kier molecular flexibility index (Phi) is 9.53. The zero-order valence-electron chi connectivity index (χ0n) is 27.1. The Labute approximate surface area is 278 Å². The number of urea groups is 2. The summed E-state index contributed by atoms with van der Waals surface area (Å²) in [4.78, 5) is 43.1. The van der Waals surface area contributed by atoms with E-state index in [1.54, 1.807) is 55.3 Å². The van der Waals surface area contributed by atoms with Gasteiger partial charge in [0.15, 0.2) is 11.5 Å². The van der Waals surface area contributed by atoms with E-state index in [9.17, 15) is 19.5 Å². The van der Waals surface area contributed by atoms with Crippen LogP contribution in [0.4, 0.5) is 26.7 Å². The SMILES string of the molecule is C[C@@H]1CN([C@@H](C)CO)C(=O)Cc2cc(NC(=O)Nc3cccc4ccccc34)ccc2O[C@@H]1CN(C)C(=O)Nc1ccc2c(c1)OCO2. The molecule has 0 saturated carbocycles. The van der Waals surface area contributed by atoms with Crippen molar-refractivity contribution in [2.24, 2.45) is 5.92 Å². The van der Waals surface area contributed by atoms with Crippen molar-refractivity contribution in [1.82, 2.24) is 9.80 Å². The Morgan fingerprint density at radius 1 is 0.938 bits per heavy atom. The van der Waals surface area contributed by atoms with Gasteiger partial charge in [0.25, 0.3) is 0 Å². The van der Waals surface area contributed by atoms with Crippen LogP contribution in [-0.4, -0.2) is 78.6 Å². The summed E-state index contributed by atoms with van der Waals surface area (Å²) < 4.78 is 17.3. The lowest BCUT2D eigenvalue weighted by molar-refractivity contribution is -0.134. The molecule has 5 amide bonds. The highest BCUT2D eigenvalue weighted by Gasteiger charge is 2.32. The molecule has 0 aliphatic carbocycles. The number of rotatable bonds is 7. The molecule has 6 rings (SSSR count). The van der Waals surface area contributed by atoms with Crippen LogP contribution < -0.4 is 30.2 Å². The fourth-order valence-electron chi connectivity index (χ4n) is 5.89. The summed E-state index contributed by atoms with van der Waals surface area (Å²) >= 11 is 0. The van der Waals surface area contributed by atoms with Gasteiger partial charge in [0.05, 0.1) is 31.3 Å². The van der Waals surface area contributed by atoms with Crippen LogP contribution >= 0.6 is 0 Å². The summed E-state index contributed by atoms with van der Waals surface area (Å²) in [5, 5.41) is 20.6. The Balaban J connectivity index is 1.20. The van der Waals surface area contributed by atoms with E-state index in [2.05, 4.69) is 16.0 Å². The van der Waals surface area contributed by atoms with Gasteiger partial charge < -0.3 is 45.1 Å². The predicted molar refractivity (Wildman–Crippen MR) is 183 cm³/mol. The zero-order chi connectivity index (χ0) is 33.8. The van der Waals surface area contributed by atoms with Crippen LogP contribution in [0.3, 0.4) is 0 Å². The second kappa shape index (κ2) is 14.1. The molecule has 12 heteroatoms. The number of ether oxygens (including phenoxy) is 3. The Morgan fingerprint density at radius 3 is 2.48 bits per heavy atom. The van der Waals surface area contributed by atoms with Crippen molar-refractivity contribution in [3.63, 3.8) is 0 Å². The average molecular weight is 654 g/mol. The van der Waals surface area contributed by atoms with Crippen LogP contribution in [0.5, 0.6) is 17.2 Å². The number of carbonyl (C=O) groups is 3. The number of anilines is 3. The Morgan fingerprint density at radius 2 is 1.67 bits per heavy atom. The first-order valence-electron chi connectivity index (χ1n) is 15.9. The topological polar surface area (TPSA) is 142 Å². The van der Waals surface area contributed by atoms with Crippen LogP contribution in [0.1, 0.15) is 19.4 Å². The van der Waals surface area contributed by atoms with E-state index in [-0.39, 0.29) is 44.2 Å². The predicted octanol–water partition coefficient (Wildman–Crippen LogP) is 5.53. The fourth-order valence-corrected chi connectivity index (χ4v) is 5.89. The van der Waals surface area contributed by atoms with Gasteiger partial charge in [0, 0.05) is 47.9 Å². The number of nitrogens with one attached hydrogen (secondary N) is 3. The molecule has 48 heavy (non-hydrogen) atoms. The smallest absolute Gasteiger partial charge is 0.323 e. The second-order valence-corrected chi connectivity index (χ2v) is 12.2. The summed E-state index contributed by atoms with van der Waals surface area (Å²) in [5.74, 6) is 1.26. The molecule has 4 N–H and O–H groups in total. The van der Waals surface area contributed by atoms with Crippen molar-refractivity contribution >= 4 is 45.8 Å². The van der Waals surface area contributed by atoms with Gasteiger partial charge in [-0.3, -0.25) is 4.79 Å². The van der Waals surface area contributed by atoms with Gasteiger partial charge in [-0.2, -0.15) is 0 Å². The monoisotopic (exact) mass is 653 g/mol. The third-order valence-electron chi connectivity index (χ3n) is 8.64. The van der Waals surface area contributed by atoms with Gasteiger partial charge in [0.1, 0.15) is 11.9 Å². The van der Waals surface area contributed by atoms with Gasteiger partial charge in [-0.15, -0.1) is 0 Å². The standard InChI is InChI=1S/C36H39N5O7/c1-22-18-41(23(2)20-42)34(43)16-25-15-26(37-35(44)39-29-10-6-8-24-7-4-5-9-28(24)29)11-13-30(25)48-33(22)19-40(3)36(45)38-27-12-14-31-32(17-27)47-21-46-31/h4-15,17,22-23,33,42H,16,18-21H2,1-3H3,(H,38,45)(H2,37,39,44)/t22-,23+,33-/m1/s1. The minimum atomic E-state index is -0.510. The fraction of sp³-hybridized carbons (Fsp3) is 0.306. The molecule has 0 unspecified atom stereocenters. The lowest BCUT2D eigenvalue weighted by atomic mass is 10.0. The zero-order valence-corrected chi connectivity index (χ0v) is 27.1. The summed E-state index contributed by atoms with van der Waals surface area (Å²) in [6.45, 7) is 4.20. The van der Waals surface area contributed by atoms with E-state index in [0.717, 1.165) is 10.8 Å². The van der Waals surface area contributed by atoms with E-state index in [4.69, 9.17) is 14.2 Å². The highest BCUT2D eigenvalue weighted by atomic mass is 16.7. The van der Waals surface area contributed by atoms with Crippen LogP contribution in [0.2, 0.25) is 0 Å². The maximum atomic E-state index is 13.6. The first-order chi connectivity index (χ1) is 23.2. The summed E-state index contributed by atoms with van der Waals surface area (Å²) in [5.41, 5.74) is 2.28. The lowest BCUT2D eigenvalue weighted by Gasteiger charge is -2.34. The minimum absolute atomic E-state index is 0.0000145. The number of fused-ring (bicyclic) bond motifs is 3. The molecule has 0 radical (unpaired) electrons. The third-order valence-corrected chi connectivity index (χ3v) is 8.64. The molecule has 2 heterocycles. The second-order valence-electron chi connectivity index (χ2n) is 12.2. The third kappa shape index (κ3) is 7.23. The van der Waals surface area contributed by atoms with E-state index in [0.29, 0.717) is 46.4 Å². The van der Waals surface area contributed by atoms with Crippen molar-refractivity contribution in [3.05, 3.63) is 84.4 Å². The van der Waals surface area contributed by atoms with Crippen molar-refractivity contribution in [3.8, 4) is 17.2 Å². The van der Waals surface area contributed by atoms with E-state index in [1.165, 1.54) is 4.90 Å². The Bertz CT molecular complexity index is 1830. The average Bonchev–Trinajstić information content (AvgIpc) is 3.56. The van der Waals surface area contributed by atoms with Crippen LogP contribution in [0, 0.1) is 5.92 Å². The number of likely N-dealkylation sites (N-methyl/N-ethyl adjacent to an activating group) is 1. The molecule has 2 aliphatic heterocycles. The van der Waals surface area contributed by atoms with Crippen LogP contribution in [0.15, 0.2) is 78.9 Å². The van der Waals surface area contributed by atoms with Crippen LogP contribution in [-0.2, 0) is 11.2 Å². The molecule has 0 aromatic heterocycles. The highest BCUT2D eigenvalue weighted by Crippen LogP contribution is 2.34. The van der Waals surface area contributed by atoms with Gasteiger partial charge in [-0.05, 0) is 48.7 Å². The lowest BCUT2D eigenvalue weighted by Crippen LogP contribution is -2.48. The van der Waals surface area contributed by atoms with Crippen LogP contribution in [0.25, 0.3) is 10.8 Å². The number of aliphatic hydroxyl groups excluding tert-OH is 1. The summed E-state index contributed by atoms with van der Waals surface area (Å²) in [6.07, 6.45) is -0.510. The quantitative estimate of drug-likeness (QED) is 0.206. The normalized spacial score (nSPS) is 17.7. The van der Waals surface area contributed by atoms with Gasteiger partial charge in [0.2, 0.25) is 12.7 Å². The number of nitrogens with zero attached hydrogens (tertiary/aromatic N) is 2. The maximum absolute atomic E-state index is 13.6. The largest absolute Gasteiger partial charge is 0.488 e. The van der Waals surface area contributed by atoms with Gasteiger partial charge in [-0.25, -0.2) is 9.59 Å². The first kappa shape index (κ1) is 32.5. The molecule has 0 spiro atoms. The van der Waals surface area contributed by atoms with Crippen molar-refractivity contribution in [2.45, 2.75) is 32.4 Å². The first-order valence-corrected chi connectivity index (χ1v) is 15.9. The molecule has 0 bridgehead atoms. The molecule has 4 aromatic rings. The molecule has 0 saturated heterocycles. The molecular formula is C36H39N5O7. The number of aliphatic hydroxyl groups is 1. The molecule has 4 aromatic carbocycles. The van der Waals surface area contributed by atoms with Gasteiger partial charge in [-0.1, -0.05) is 43.3 Å².